The van der Waals surface area contributed by atoms with Gasteiger partial charge in [-0.2, -0.15) is 0 Å². The maximum absolute atomic E-state index is 14.5. The molecule has 0 radical (unpaired) electrons. The number of phosphoric ester groups is 1. The predicted molar refractivity (Wildman–Crippen MR) is 227 cm³/mol. The molecule has 18 nitrogen and oxygen atoms in total. The number of anilines is 1. The summed E-state index contributed by atoms with van der Waals surface area (Å²) in [5.41, 5.74) is 0.132. The summed E-state index contributed by atoms with van der Waals surface area (Å²) in [5.74, 6) is -4.22. The van der Waals surface area contributed by atoms with Crippen LogP contribution < -0.4 is 16.0 Å². The number of carbonyl (C=O) groups is 6. The van der Waals surface area contributed by atoms with Gasteiger partial charge in [0.05, 0.1) is 29.8 Å². The Bertz CT molecular complexity index is 2310. The highest BCUT2D eigenvalue weighted by atomic mass is 79.9. The number of hydrogen-bond donors (Lipinski definition) is 7. The number of aliphatic hydroxyl groups excluding tert-OH is 1. The average molecular weight is 960 g/mol. The lowest BCUT2D eigenvalue weighted by Gasteiger charge is -2.59. The van der Waals surface area contributed by atoms with Gasteiger partial charge in [0.2, 0.25) is 24.0 Å². The number of aromatic nitrogens is 1. The highest BCUT2D eigenvalue weighted by Crippen LogP contribution is 2.70. The first-order valence-corrected chi connectivity index (χ1v) is 23.4. The molecule has 7 N–H and O–H groups in total. The number of halogens is 1. The fraction of sp³-hybridized carbons (Fsp3) is 0.535. The second-order valence-corrected chi connectivity index (χ2v) is 19.4. The van der Waals surface area contributed by atoms with Crippen molar-refractivity contribution in [2.24, 2.45) is 35.6 Å². The molecule has 0 bridgehead atoms. The molecular formula is C43H52BrN4O14P. The molecule has 1 aliphatic heterocycles. The lowest BCUT2D eigenvalue weighted by Crippen LogP contribution is -2.63. The van der Waals surface area contributed by atoms with E-state index in [1.807, 2.05) is 36.6 Å². The minimum Gasteiger partial charge on any atom is -0.481 e. The summed E-state index contributed by atoms with van der Waals surface area (Å²) in [4.78, 5) is 94.7. The Balaban J connectivity index is 1.10. The number of ether oxygens (including phenoxy) is 2. The Morgan fingerprint density at radius 1 is 1.11 bits per heavy atom. The predicted octanol–water partition coefficient (Wildman–Crippen LogP) is 3.13. The maximum atomic E-state index is 14.5. The van der Waals surface area contributed by atoms with E-state index in [1.165, 1.54) is 0 Å². The fourth-order valence-electron chi connectivity index (χ4n) is 11.1. The number of fused-ring (bicyclic) bond motifs is 7. The van der Waals surface area contributed by atoms with Gasteiger partial charge < -0.3 is 50.0 Å². The van der Waals surface area contributed by atoms with Crippen molar-refractivity contribution in [3.63, 3.8) is 0 Å². The number of Topliss-reactive ketones (excluding diaryl/α,β-unsaturated/α-hetero) is 1. The van der Waals surface area contributed by atoms with Gasteiger partial charge in [0, 0.05) is 48.0 Å². The van der Waals surface area contributed by atoms with E-state index >= 15 is 0 Å². The number of nitrogens with one attached hydrogen (secondary N) is 3. The fourth-order valence-corrected chi connectivity index (χ4v) is 11.6. The van der Waals surface area contributed by atoms with E-state index in [1.54, 1.807) is 43.5 Å². The smallest absolute Gasteiger partial charge is 0.470 e. The molecule has 3 saturated carbocycles. The summed E-state index contributed by atoms with van der Waals surface area (Å²) in [6.45, 7) is 2.59. The monoisotopic (exact) mass is 958 g/mol. The number of ketones is 2. The number of carboxylic acids is 1. The SMILES string of the molecule is Cn1c(Cc2cccc(NC(=O)[C@H](CCC(=O)O)NC(=O)CNC(=O)CBr)c2)ccc1[C@@H]1O[C@@H]2C[C@H]3[C@@H]4CCC5=CC(=O)C=C[C@]5(C)[C@H]4[C@@H](O)C[C@]3(C)[C@]2(C(=O)COP(=O)(O)O)O1. The molecule has 1 aromatic heterocycles. The number of phosphoric acid groups is 1. The van der Waals surface area contributed by atoms with Gasteiger partial charge in [-0.05, 0) is 85.9 Å². The molecule has 5 aliphatic rings. The van der Waals surface area contributed by atoms with E-state index in [0.29, 0.717) is 37.1 Å². The molecule has 2 heterocycles. The first-order chi connectivity index (χ1) is 29.7. The number of alkyl halides is 1. The van der Waals surface area contributed by atoms with Crippen LogP contribution in [0.15, 0.2) is 60.2 Å². The number of carbonyl (C=O) groups excluding carboxylic acids is 5. The molecular weight excluding hydrogens is 907 g/mol. The summed E-state index contributed by atoms with van der Waals surface area (Å²) >= 11 is 2.98. The number of aliphatic carboxylic acids is 1. The number of rotatable bonds is 16. The molecule has 10 atom stereocenters. The molecule has 4 aliphatic carbocycles. The third-order valence-corrected chi connectivity index (χ3v) is 14.9. The van der Waals surface area contributed by atoms with Crippen molar-refractivity contribution in [3.05, 3.63) is 77.2 Å². The van der Waals surface area contributed by atoms with Crippen molar-refractivity contribution < 1.29 is 67.3 Å². The highest BCUT2D eigenvalue weighted by Gasteiger charge is 2.76. The Morgan fingerprint density at radius 2 is 1.87 bits per heavy atom. The van der Waals surface area contributed by atoms with Crippen molar-refractivity contribution in [3.8, 4) is 0 Å². The van der Waals surface area contributed by atoms with Crippen molar-refractivity contribution in [1.29, 1.82) is 0 Å². The normalized spacial score (nSPS) is 31.2. The number of benzene rings is 1. The summed E-state index contributed by atoms with van der Waals surface area (Å²) in [7, 11) is -3.26. The summed E-state index contributed by atoms with van der Waals surface area (Å²) in [5, 5.41) is 28.9. The average Bonchev–Trinajstić information content (AvgIpc) is 3.86. The number of amides is 3. The second kappa shape index (κ2) is 17.9. The van der Waals surface area contributed by atoms with E-state index in [4.69, 9.17) is 14.0 Å². The first-order valence-electron chi connectivity index (χ1n) is 20.8. The van der Waals surface area contributed by atoms with Crippen LogP contribution in [0, 0.1) is 28.6 Å². The molecule has 0 unspecified atom stereocenters. The van der Waals surface area contributed by atoms with Crippen LogP contribution in [0.25, 0.3) is 0 Å². The van der Waals surface area contributed by atoms with Crippen LogP contribution in [-0.2, 0) is 60.8 Å². The third kappa shape index (κ3) is 9.03. The highest BCUT2D eigenvalue weighted by molar-refractivity contribution is 9.09. The van der Waals surface area contributed by atoms with Gasteiger partial charge in [-0.15, -0.1) is 0 Å². The van der Waals surface area contributed by atoms with Gasteiger partial charge >= 0.3 is 13.8 Å². The number of carboxylic acid groups (broad SMARTS) is 1. The largest absolute Gasteiger partial charge is 0.481 e. The quantitative estimate of drug-likeness (QED) is 0.0942. The van der Waals surface area contributed by atoms with Crippen molar-refractivity contribution >= 4 is 64.7 Å². The van der Waals surface area contributed by atoms with E-state index < -0.39 is 97.8 Å². The van der Waals surface area contributed by atoms with Crippen molar-refractivity contribution in [1.82, 2.24) is 15.2 Å². The van der Waals surface area contributed by atoms with Crippen LogP contribution in [0.2, 0.25) is 0 Å². The van der Waals surface area contributed by atoms with Crippen molar-refractivity contribution in [2.45, 2.75) is 88.9 Å². The molecule has 2 aromatic rings. The van der Waals surface area contributed by atoms with Gasteiger partial charge in [-0.1, -0.05) is 53.6 Å². The topological polar surface area (TPSA) is 269 Å². The van der Waals surface area contributed by atoms with E-state index in [2.05, 4.69) is 31.9 Å². The minimum atomic E-state index is -5.06. The molecule has 20 heteroatoms. The molecule has 1 aromatic carbocycles. The van der Waals surface area contributed by atoms with E-state index in [-0.39, 0.29) is 41.7 Å². The molecule has 7 rings (SSSR count). The summed E-state index contributed by atoms with van der Waals surface area (Å²) in [6.07, 6.45) is 3.84. The molecule has 3 amide bonds. The van der Waals surface area contributed by atoms with E-state index in [9.17, 15) is 53.3 Å². The van der Waals surface area contributed by atoms with Gasteiger partial charge in [0.1, 0.15) is 12.6 Å². The molecule has 1 saturated heterocycles. The molecule has 63 heavy (non-hydrogen) atoms. The van der Waals surface area contributed by atoms with Crippen LogP contribution in [0.5, 0.6) is 0 Å². The van der Waals surface area contributed by atoms with Crippen LogP contribution in [0.4, 0.5) is 5.69 Å². The molecule has 340 valence electrons. The minimum absolute atomic E-state index is 0.0240. The maximum Gasteiger partial charge on any atom is 0.470 e. The number of nitrogens with zero attached hydrogens (tertiary/aromatic N) is 1. The zero-order valence-corrected chi connectivity index (χ0v) is 37.4. The lowest BCUT2D eigenvalue weighted by atomic mass is 9.46. The zero-order valence-electron chi connectivity index (χ0n) is 35.0. The lowest BCUT2D eigenvalue weighted by molar-refractivity contribution is -0.201. The molecule has 4 fully saturated rings. The first kappa shape index (κ1) is 46.7. The number of hydrogen-bond acceptors (Lipinski definition) is 11. The van der Waals surface area contributed by atoms with Gasteiger partial charge in [-0.3, -0.25) is 33.3 Å². The molecule has 0 spiro atoms. The van der Waals surface area contributed by atoms with Crippen LogP contribution in [-0.4, -0.2) is 102 Å². The second-order valence-electron chi connectivity index (χ2n) is 17.6. The Hall–Kier alpha value is -4.33. The van der Waals surface area contributed by atoms with Gasteiger partial charge in [0.15, 0.2) is 17.2 Å². The zero-order chi connectivity index (χ0) is 45.6. The Kier molecular flexibility index (Phi) is 13.3. The number of aliphatic hydroxyl groups is 1. The summed E-state index contributed by atoms with van der Waals surface area (Å²) in [6, 6.07) is 9.39. The van der Waals surface area contributed by atoms with Crippen LogP contribution >= 0.6 is 23.8 Å². The third-order valence-electron chi connectivity index (χ3n) is 14.0. The summed E-state index contributed by atoms with van der Waals surface area (Å²) < 4.78 is 32.0. The van der Waals surface area contributed by atoms with Crippen molar-refractivity contribution in [2.75, 3.05) is 23.8 Å². The Labute approximate surface area is 371 Å². The van der Waals surface area contributed by atoms with E-state index in [0.717, 1.165) is 16.8 Å². The van der Waals surface area contributed by atoms with Crippen LogP contribution in [0.3, 0.4) is 0 Å². The van der Waals surface area contributed by atoms with Gasteiger partial charge in [0.25, 0.3) is 0 Å². The van der Waals surface area contributed by atoms with Gasteiger partial charge in [-0.25, -0.2) is 4.57 Å². The Morgan fingerprint density at radius 3 is 2.59 bits per heavy atom. The standard InChI is InChI=1S/C43H52BrN4O14P/c1-41-14-13-27(49)17-24(41)7-9-28-29-18-34-43(33(51)22-60-63(57,58)59,42(29,2)19-32(50)38(28)41)62-40(61-34)31-11-8-26(48(31)3)16-23-5-4-6-25(15-23)46-39(56)30(10-12-37(54)55)47-36(53)21-45-35(52)20-44/h4-6,8,11,13-15,17,28-30,32,34,38,40,50H,7,9-10,12,16,18-22H2,1-3H3,(H,45,52)(H,46,56)(H,47,53)(H,54,55)(H2,57,58,59)/t28-,29-,30-,32-,34+,38+,40+,41-,42-,43+/m0/s1. The van der Waals surface area contributed by atoms with Crippen LogP contribution in [0.1, 0.15) is 75.6 Å². The number of allylic oxidation sites excluding steroid dienone is 4.